The van der Waals surface area contributed by atoms with Gasteiger partial charge in [0.25, 0.3) is 0 Å². The summed E-state index contributed by atoms with van der Waals surface area (Å²) in [6, 6.07) is 13.3. The minimum absolute atomic E-state index is 0. The maximum Gasteiger partial charge on any atom is 0.116 e. The van der Waals surface area contributed by atoms with Crippen molar-refractivity contribution < 1.29 is 5.11 Å². The van der Waals surface area contributed by atoms with Gasteiger partial charge in [0, 0.05) is 37.7 Å². The van der Waals surface area contributed by atoms with Crippen LogP contribution in [0.1, 0.15) is 0 Å². The fourth-order valence-electron chi connectivity index (χ4n) is 1.18. The third-order valence-corrected chi connectivity index (χ3v) is 1.73. The predicted molar refractivity (Wildman–Crippen MR) is 51.4 cm³/mol. The topological polar surface area (TPSA) is 20.2 Å². The summed E-state index contributed by atoms with van der Waals surface area (Å²) in [6.45, 7) is 0. The van der Waals surface area contributed by atoms with Crippen molar-refractivity contribution in [2.24, 2.45) is 0 Å². The Morgan fingerprint density at radius 3 is 2.25 bits per heavy atom. The summed E-state index contributed by atoms with van der Waals surface area (Å²) in [7, 11) is 0. The Bertz CT molecular complexity index is 384. The normalized spacial score (nSPS) is 9.33. The van der Waals surface area contributed by atoms with Gasteiger partial charge in [-0.25, -0.2) is 0 Å². The molecule has 0 bridgehead atoms. The Balaban J connectivity index is 0.000000720. The first kappa shape index (κ1) is 9.84. The van der Waals surface area contributed by atoms with Crippen molar-refractivity contribution in [3.05, 3.63) is 42.5 Å². The van der Waals surface area contributed by atoms with Crippen molar-refractivity contribution in [1.29, 1.82) is 0 Å². The van der Waals surface area contributed by atoms with Crippen LogP contribution in [0.4, 0.5) is 0 Å². The smallest absolute Gasteiger partial charge is 0.116 e. The Kier molecular flexibility index (Phi) is 3.39. The number of hydrogen-bond donors (Lipinski definition) is 1. The fourth-order valence-corrected chi connectivity index (χ4v) is 1.18. The zero-order chi connectivity index (χ0) is 7.68. The fraction of sp³-hybridized carbons (Fsp3) is 0. The van der Waals surface area contributed by atoms with Gasteiger partial charge in [-0.2, -0.15) is 0 Å². The first-order valence-corrected chi connectivity index (χ1v) is 3.54. The van der Waals surface area contributed by atoms with Gasteiger partial charge in [0.15, 0.2) is 0 Å². The monoisotopic (exact) mass is 184 g/mol. The molecule has 0 aliphatic heterocycles. The van der Waals surface area contributed by atoms with Crippen LogP contribution in [-0.2, 0) is 0 Å². The van der Waals surface area contributed by atoms with Crippen molar-refractivity contribution in [3.63, 3.8) is 0 Å². The summed E-state index contributed by atoms with van der Waals surface area (Å²) < 4.78 is 0. The second-order valence-electron chi connectivity index (χ2n) is 2.53. The van der Waals surface area contributed by atoms with E-state index >= 15 is 0 Å². The summed E-state index contributed by atoms with van der Waals surface area (Å²) in [6.07, 6.45) is 0. The molecule has 56 valence electrons. The van der Waals surface area contributed by atoms with Crippen molar-refractivity contribution in [3.8, 4) is 5.75 Å². The summed E-state index contributed by atoms with van der Waals surface area (Å²) in [5.41, 5.74) is 0. The number of phenols is 1. The van der Waals surface area contributed by atoms with E-state index in [2.05, 4.69) is 0 Å². The molecule has 2 aromatic rings. The molecule has 0 atom stereocenters. The number of benzene rings is 2. The molecule has 1 nitrogen and oxygen atoms in total. The van der Waals surface area contributed by atoms with E-state index in [-0.39, 0.29) is 37.7 Å². The average molecular weight is 184 g/mol. The van der Waals surface area contributed by atoms with Gasteiger partial charge in [0.1, 0.15) is 5.75 Å². The molecule has 2 rings (SSSR count). The molecule has 0 heterocycles. The molecule has 2 radical (unpaired) electrons. The molecule has 2 aromatic carbocycles. The molecule has 0 aromatic heterocycles. The van der Waals surface area contributed by atoms with Crippen molar-refractivity contribution in [1.82, 2.24) is 0 Å². The van der Waals surface area contributed by atoms with Crippen molar-refractivity contribution >= 4 is 48.5 Å². The van der Waals surface area contributed by atoms with E-state index in [1.54, 1.807) is 12.1 Å². The summed E-state index contributed by atoms with van der Waals surface area (Å²) in [5.74, 6) is 0.323. The second kappa shape index (κ2) is 4.13. The minimum Gasteiger partial charge on any atom is -0.508 e. The molecule has 0 saturated carbocycles. The van der Waals surface area contributed by atoms with E-state index in [0.29, 0.717) is 5.75 Å². The molecule has 0 fully saturated rings. The van der Waals surface area contributed by atoms with Gasteiger partial charge in [-0.1, -0.05) is 30.3 Å². The molecule has 0 amide bonds. The van der Waals surface area contributed by atoms with E-state index in [1.165, 1.54) is 0 Å². The first-order valence-electron chi connectivity index (χ1n) is 3.54. The number of phenolic OH excluding ortho intramolecular Hbond substituents is 1. The van der Waals surface area contributed by atoms with Gasteiger partial charge in [-0.05, 0) is 22.9 Å². The van der Waals surface area contributed by atoms with Gasteiger partial charge in [0.2, 0.25) is 0 Å². The zero-order valence-electron chi connectivity index (χ0n) is 6.70. The third-order valence-electron chi connectivity index (χ3n) is 1.73. The third kappa shape index (κ3) is 1.92. The Labute approximate surface area is 101 Å². The largest absolute Gasteiger partial charge is 0.508 e. The minimum atomic E-state index is 0. The van der Waals surface area contributed by atoms with Crippen LogP contribution in [0.25, 0.3) is 10.8 Å². The molecule has 0 spiro atoms. The number of hydrogen-bond acceptors (Lipinski definition) is 1. The van der Waals surface area contributed by atoms with Gasteiger partial charge in [-0.3, -0.25) is 0 Å². The maximum absolute atomic E-state index is 9.13. The SMILES string of the molecule is Oc1ccc2ccccc2c1.[Ca]. The van der Waals surface area contributed by atoms with E-state index in [4.69, 9.17) is 5.11 Å². The van der Waals surface area contributed by atoms with Crippen LogP contribution in [0.5, 0.6) is 5.75 Å². The van der Waals surface area contributed by atoms with Crippen LogP contribution in [0.15, 0.2) is 42.5 Å². The van der Waals surface area contributed by atoms with Crippen LogP contribution >= 0.6 is 0 Å². The summed E-state index contributed by atoms with van der Waals surface area (Å²) in [4.78, 5) is 0. The van der Waals surface area contributed by atoms with Crippen molar-refractivity contribution in [2.75, 3.05) is 0 Å². The molecule has 0 aliphatic carbocycles. The van der Waals surface area contributed by atoms with Gasteiger partial charge >= 0.3 is 0 Å². The Morgan fingerprint density at radius 2 is 1.50 bits per heavy atom. The van der Waals surface area contributed by atoms with E-state index in [0.717, 1.165) is 10.8 Å². The molecule has 12 heavy (non-hydrogen) atoms. The molecular formula is C10H8CaO. The summed E-state index contributed by atoms with van der Waals surface area (Å²) >= 11 is 0. The average Bonchev–Trinajstić information content (AvgIpc) is 2.04. The molecule has 0 saturated heterocycles. The van der Waals surface area contributed by atoms with Crippen LogP contribution < -0.4 is 0 Å². The van der Waals surface area contributed by atoms with Crippen LogP contribution in [0.2, 0.25) is 0 Å². The van der Waals surface area contributed by atoms with Gasteiger partial charge in [-0.15, -0.1) is 0 Å². The standard InChI is InChI=1S/C10H8O.Ca/c11-10-6-5-8-3-1-2-4-9(8)7-10;/h1-7,11H;. The first-order chi connectivity index (χ1) is 5.36. The number of rotatable bonds is 0. The van der Waals surface area contributed by atoms with E-state index in [9.17, 15) is 0 Å². The zero-order valence-corrected chi connectivity index (χ0v) is 8.90. The quantitative estimate of drug-likeness (QED) is 0.622. The van der Waals surface area contributed by atoms with Crippen molar-refractivity contribution in [2.45, 2.75) is 0 Å². The van der Waals surface area contributed by atoms with Crippen LogP contribution in [-0.4, -0.2) is 42.8 Å². The van der Waals surface area contributed by atoms with Crippen LogP contribution in [0, 0.1) is 0 Å². The second-order valence-corrected chi connectivity index (χ2v) is 2.53. The Hall–Kier alpha value is -0.240. The van der Waals surface area contributed by atoms with E-state index in [1.807, 2.05) is 30.3 Å². The molecule has 0 unspecified atom stereocenters. The molecule has 0 aliphatic rings. The molecular weight excluding hydrogens is 176 g/mol. The molecule has 2 heteroatoms. The van der Waals surface area contributed by atoms with Crippen LogP contribution in [0.3, 0.4) is 0 Å². The van der Waals surface area contributed by atoms with Gasteiger partial charge in [0.05, 0.1) is 0 Å². The van der Waals surface area contributed by atoms with Gasteiger partial charge < -0.3 is 5.11 Å². The predicted octanol–water partition coefficient (Wildman–Crippen LogP) is 2.16. The molecule has 1 N–H and O–H groups in total. The maximum atomic E-state index is 9.13. The number of fused-ring (bicyclic) bond motifs is 1. The number of aromatic hydroxyl groups is 1. The summed E-state index contributed by atoms with van der Waals surface area (Å²) in [5, 5.41) is 11.4. The Morgan fingerprint density at radius 1 is 0.833 bits per heavy atom. The van der Waals surface area contributed by atoms with E-state index < -0.39 is 0 Å².